The van der Waals surface area contributed by atoms with Crippen LogP contribution in [0, 0.1) is 17.8 Å². The zero-order valence-electron chi connectivity index (χ0n) is 22.6. The van der Waals surface area contributed by atoms with Gasteiger partial charge in [-0.15, -0.1) is 0 Å². The maximum absolute atomic E-state index is 14.4. The molecule has 0 saturated carbocycles. The van der Waals surface area contributed by atoms with Crippen molar-refractivity contribution in [1.82, 2.24) is 14.7 Å². The standard InChI is InChI=1S/C28H43N3O5/c1-7-12-19(5)30-16-11-14-28-22(21-24(33)29(6)15-10-13-27(21,9-3)36-28)25(34)31(23(28)26(30)35)20(17-32)18(4)8-2/h10-11,13-14,18-23,32H,7-9,12,15-17H2,1-6H3/t18-,19?,20-,21-,22-,23?,27+,28-/m0/s1. The Morgan fingerprint density at radius 3 is 2.33 bits per heavy atom. The third-order valence-electron chi connectivity index (χ3n) is 9.19. The minimum atomic E-state index is -1.27. The van der Waals surface area contributed by atoms with Crippen LogP contribution in [0.2, 0.25) is 0 Å². The van der Waals surface area contributed by atoms with E-state index in [4.69, 9.17) is 4.74 Å². The Kier molecular flexibility index (Phi) is 7.41. The van der Waals surface area contributed by atoms with Gasteiger partial charge in [0.15, 0.2) is 0 Å². The average Bonchev–Trinajstić information content (AvgIpc) is 3.16. The fraction of sp³-hybridized carbons (Fsp3) is 0.750. The molecular formula is C28H43N3O5. The zero-order valence-corrected chi connectivity index (χ0v) is 22.6. The van der Waals surface area contributed by atoms with Crippen LogP contribution in [0.3, 0.4) is 0 Å². The summed E-state index contributed by atoms with van der Waals surface area (Å²) in [6.45, 7) is 10.7. The number of ether oxygens (including phenoxy) is 1. The topological polar surface area (TPSA) is 90.4 Å². The second-order valence-corrected chi connectivity index (χ2v) is 11.2. The number of aliphatic hydroxyl groups excluding tert-OH is 1. The van der Waals surface area contributed by atoms with Gasteiger partial charge in [-0.3, -0.25) is 14.4 Å². The van der Waals surface area contributed by atoms with E-state index in [9.17, 15) is 19.5 Å². The highest BCUT2D eigenvalue weighted by Gasteiger charge is 2.76. The van der Waals surface area contributed by atoms with Gasteiger partial charge in [-0.05, 0) is 25.7 Å². The highest BCUT2D eigenvalue weighted by molar-refractivity contribution is 6.00. The maximum Gasteiger partial charge on any atom is 0.249 e. The number of nitrogens with zero attached hydrogens (tertiary/aromatic N) is 3. The third kappa shape index (κ3) is 3.74. The van der Waals surface area contributed by atoms with Crippen LogP contribution in [0.5, 0.6) is 0 Å². The van der Waals surface area contributed by atoms with Gasteiger partial charge in [0.2, 0.25) is 17.7 Å². The van der Waals surface area contributed by atoms with Gasteiger partial charge >= 0.3 is 0 Å². The van der Waals surface area contributed by atoms with E-state index in [0.29, 0.717) is 19.5 Å². The van der Waals surface area contributed by atoms with Crippen molar-refractivity contribution in [3.8, 4) is 0 Å². The quantitative estimate of drug-likeness (QED) is 0.516. The summed E-state index contributed by atoms with van der Waals surface area (Å²) in [7, 11) is 1.75. The first-order valence-corrected chi connectivity index (χ1v) is 13.7. The van der Waals surface area contributed by atoms with Gasteiger partial charge in [0.25, 0.3) is 0 Å². The molecule has 2 unspecified atom stereocenters. The molecule has 4 rings (SSSR count). The molecule has 2 fully saturated rings. The molecule has 2 saturated heterocycles. The summed E-state index contributed by atoms with van der Waals surface area (Å²) in [6, 6.07) is -1.47. The summed E-state index contributed by atoms with van der Waals surface area (Å²) < 4.78 is 6.95. The van der Waals surface area contributed by atoms with E-state index in [-0.39, 0.29) is 36.3 Å². The van der Waals surface area contributed by atoms with Crippen LogP contribution in [0.1, 0.15) is 60.3 Å². The van der Waals surface area contributed by atoms with Gasteiger partial charge in [0.1, 0.15) is 11.6 Å². The van der Waals surface area contributed by atoms with Crippen LogP contribution in [-0.4, -0.2) is 93.6 Å². The van der Waals surface area contributed by atoms with Gasteiger partial charge in [0, 0.05) is 26.2 Å². The molecule has 0 aromatic rings. The van der Waals surface area contributed by atoms with Crippen molar-refractivity contribution in [2.24, 2.45) is 17.8 Å². The largest absolute Gasteiger partial charge is 0.394 e. The summed E-state index contributed by atoms with van der Waals surface area (Å²) >= 11 is 0. The number of hydrogen-bond acceptors (Lipinski definition) is 5. The van der Waals surface area contributed by atoms with Crippen molar-refractivity contribution in [2.75, 3.05) is 26.7 Å². The third-order valence-corrected chi connectivity index (χ3v) is 9.19. The number of carbonyl (C=O) groups excluding carboxylic acids is 3. The van der Waals surface area contributed by atoms with Crippen LogP contribution in [0.4, 0.5) is 0 Å². The molecule has 0 bridgehead atoms. The normalized spacial score (nSPS) is 36.4. The first-order valence-electron chi connectivity index (χ1n) is 13.7. The fourth-order valence-electron chi connectivity index (χ4n) is 6.98. The highest BCUT2D eigenvalue weighted by atomic mass is 16.5. The highest BCUT2D eigenvalue weighted by Crippen LogP contribution is 2.59. The number of hydrogen-bond donors (Lipinski definition) is 1. The molecule has 4 heterocycles. The molecule has 8 nitrogen and oxygen atoms in total. The first kappa shape index (κ1) is 26.9. The summed E-state index contributed by atoms with van der Waals surface area (Å²) in [5, 5.41) is 10.5. The lowest BCUT2D eigenvalue weighted by atomic mass is 9.73. The molecule has 1 N–H and O–H groups in total. The number of amides is 3. The monoisotopic (exact) mass is 501 g/mol. The Bertz CT molecular complexity index is 949. The lowest BCUT2D eigenvalue weighted by Gasteiger charge is -2.42. The minimum absolute atomic E-state index is 0.00541. The van der Waals surface area contributed by atoms with Crippen LogP contribution in [-0.2, 0) is 19.1 Å². The Hall–Kier alpha value is -2.19. The predicted molar refractivity (Wildman–Crippen MR) is 137 cm³/mol. The van der Waals surface area contributed by atoms with E-state index in [1.807, 2.05) is 56.9 Å². The van der Waals surface area contributed by atoms with E-state index >= 15 is 0 Å². The molecule has 3 amide bonds. The average molecular weight is 502 g/mol. The minimum Gasteiger partial charge on any atom is -0.394 e. The Labute approximate surface area is 215 Å². The predicted octanol–water partition coefficient (Wildman–Crippen LogP) is 2.37. The molecular weight excluding hydrogens is 458 g/mol. The Morgan fingerprint density at radius 2 is 1.72 bits per heavy atom. The van der Waals surface area contributed by atoms with E-state index in [1.54, 1.807) is 16.8 Å². The van der Waals surface area contributed by atoms with E-state index < -0.39 is 35.1 Å². The molecule has 0 aromatic carbocycles. The fourth-order valence-corrected chi connectivity index (χ4v) is 6.98. The second kappa shape index (κ2) is 9.93. The van der Waals surface area contributed by atoms with Gasteiger partial charge in [-0.2, -0.15) is 0 Å². The lowest BCUT2D eigenvalue weighted by molar-refractivity contribution is -0.159. The smallest absolute Gasteiger partial charge is 0.249 e. The van der Waals surface area contributed by atoms with Gasteiger partial charge in [-0.1, -0.05) is 64.8 Å². The Balaban J connectivity index is 1.93. The Morgan fingerprint density at radius 1 is 1.03 bits per heavy atom. The van der Waals surface area contributed by atoms with Crippen LogP contribution < -0.4 is 0 Å². The molecule has 36 heavy (non-hydrogen) atoms. The molecule has 0 aliphatic carbocycles. The number of fused-ring (bicyclic) bond motifs is 2. The van der Waals surface area contributed by atoms with Crippen LogP contribution in [0.15, 0.2) is 24.3 Å². The van der Waals surface area contributed by atoms with Crippen molar-refractivity contribution in [3.63, 3.8) is 0 Å². The molecule has 0 radical (unpaired) electrons. The number of rotatable bonds is 8. The van der Waals surface area contributed by atoms with Crippen LogP contribution >= 0.6 is 0 Å². The number of likely N-dealkylation sites (tertiary alicyclic amines) is 1. The number of aliphatic hydroxyl groups is 1. The van der Waals surface area contributed by atoms with Crippen molar-refractivity contribution >= 4 is 17.7 Å². The molecule has 0 aromatic heterocycles. The summed E-state index contributed by atoms with van der Waals surface area (Å²) in [5.41, 5.74) is -2.24. The van der Waals surface area contributed by atoms with E-state index in [2.05, 4.69) is 6.92 Å². The molecule has 1 spiro atoms. The van der Waals surface area contributed by atoms with Gasteiger partial charge in [-0.25, -0.2) is 0 Å². The summed E-state index contributed by atoms with van der Waals surface area (Å²) in [6.07, 6.45) is 10.8. The zero-order chi connectivity index (χ0) is 26.4. The van der Waals surface area contributed by atoms with Crippen molar-refractivity contribution in [3.05, 3.63) is 24.3 Å². The van der Waals surface area contributed by atoms with E-state index in [1.165, 1.54) is 0 Å². The molecule has 4 aliphatic heterocycles. The molecule has 200 valence electrons. The summed E-state index contributed by atoms with van der Waals surface area (Å²) in [4.78, 5) is 47.7. The lowest BCUT2D eigenvalue weighted by Crippen LogP contribution is -2.60. The number of carbonyl (C=O) groups is 3. The molecule has 4 aliphatic rings. The maximum atomic E-state index is 14.4. The van der Waals surface area contributed by atoms with E-state index in [0.717, 1.165) is 19.3 Å². The van der Waals surface area contributed by atoms with Crippen LogP contribution in [0.25, 0.3) is 0 Å². The molecule has 8 atom stereocenters. The van der Waals surface area contributed by atoms with Gasteiger partial charge < -0.3 is 24.5 Å². The van der Waals surface area contributed by atoms with Crippen molar-refractivity contribution < 1.29 is 24.2 Å². The SMILES string of the molecule is CCCC(C)N1CC=C[C@]23O[C@]4(CC)C=CCN(C)C(=O)[C@@H]4[C@H]2C(=O)N([C@@H](CO)[C@@H](C)CC)C3C1=O. The summed E-state index contributed by atoms with van der Waals surface area (Å²) in [5.74, 6) is -2.16. The van der Waals surface area contributed by atoms with Crippen molar-refractivity contribution in [1.29, 1.82) is 0 Å². The van der Waals surface area contributed by atoms with Crippen molar-refractivity contribution in [2.45, 2.75) is 89.6 Å². The first-order chi connectivity index (χ1) is 17.1. The van der Waals surface area contributed by atoms with Gasteiger partial charge in [0.05, 0.1) is 30.1 Å². The number of likely N-dealkylation sites (N-methyl/N-ethyl adjacent to an activating group) is 1. The molecule has 8 heteroatoms. The second-order valence-electron chi connectivity index (χ2n) is 11.2.